The standard InChI is InChI=1S/C27H37NO3Si/c1-8-30-26(29)10-9-16-31-24-13-14-25-22(18-24)11-12-23(28-25)15-17-32-27(19(2)3,20(4)5)21(6)7/h11-14,18-21H,8-10,16H2,1-7H3. The normalized spacial score (nSPS) is 11.7. The topological polar surface area (TPSA) is 48.4 Å². The summed E-state index contributed by atoms with van der Waals surface area (Å²) >= 11 is 0. The van der Waals surface area contributed by atoms with Crippen LogP contribution >= 0.6 is 0 Å². The van der Waals surface area contributed by atoms with Crippen LogP contribution in [0.5, 0.6) is 5.75 Å². The van der Waals surface area contributed by atoms with Crippen molar-refractivity contribution in [2.45, 2.75) is 66.3 Å². The molecular formula is C27H37NO3Si. The molecular weight excluding hydrogens is 414 g/mol. The number of nitrogens with zero attached hydrogens (tertiary/aromatic N) is 1. The van der Waals surface area contributed by atoms with Gasteiger partial charge in [-0.3, -0.25) is 4.79 Å². The highest BCUT2D eigenvalue weighted by atomic mass is 28.2. The number of rotatable bonds is 10. The summed E-state index contributed by atoms with van der Waals surface area (Å²) in [5.41, 5.74) is 5.18. The van der Waals surface area contributed by atoms with E-state index in [0.29, 0.717) is 53.3 Å². The summed E-state index contributed by atoms with van der Waals surface area (Å²) in [6, 6.07) is 9.88. The van der Waals surface area contributed by atoms with Crippen LogP contribution in [-0.2, 0) is 9.53 Å². The van der Waals surface area contributed by atoms with Gasteiger partial charge in [-0.1, -0.05) is 47.5 Å². The monoisotopic (exact) mass is 451 g/mol. The first kappa shape index (κ1) is 25.9. The van der Waals surface area contributed by atoms with Gasteiger partial charge < -0.3 is 9.47 Å². The molecule has 2 aromatic rings. The Morgan fingerprint density at radius 1 is 1.06 bits per heavy atom. The van der Waals surface area contributed by atoms with E-state index in [4.69, 9.17) is 14.5 Å². The highest BCUT2D eigenvalue weighted by Gasteiger charge is 2.40. The van der Waals surface area contributed by atoms with E-state index in [-0.39, 0.29) is 11.0 Å². The molecule has 1 heterocycles. The lowest BCUT2D eigenvalue weighted by Crippen LogP contribution is -2.36. The zero-order valence-electron chi connectivity index (χ0n) is 20.6. The maximum Gasteiger partial charge on any atom is 0.305 e. The lowest BCUT2D eigenvalue weighted by atomic mass is 9.76. The zero-order chi connectivity index (χ0) is 23.7. The van der Waals surface area contributed by atoms with Crippen molar-refractivity contribution in [1.82, 2.24) is 4.98 Å². The number of aromatic nitrogens is 1. The van der Waals surface area contributed by atoms with E-state index >= 15 is 0 Å². The number of hydrogen-bond acceptors (Lipinski definition) is 4. The molecule has 1 aromatic heterocycles. The van der Waals surface area contributed by atoms with Gasteiger partial charge in [0.15, 0.2) is 9.52 Å². The first-order valence-corrected chi connectivity index (χ1v) is 12.7. The molecule has 1 aromatic carbocycles. The average molecular weight is 452 g/mol. The molecule has 172 valence electrons. The van der Waals surface area contributed by atoms with Crippen LogP contribution in [0.3, 0.4) is 0 Å². The number of benzene rings is 1. The third-order valence-electron chi connectivity index (χ3n) is 6.10. The first-order valence-electron chi connectivity index (χ1n) is 11.7. The van der Waals surface area contributed by atoms with E-state index in [1.807, 2.05) is 37.3 Å². The Morgan fingerprint density at radius 2 is 1.75 bits per heavy atom. The number of hydrogen-bond donors (Lipinski definition) is 0. The van der Waals surface area contributed by atoms with Crippen LogP contribution in [0.15, 0.2) is 30.3 Å². The second-order valence-corrected chi connectivity index (χ2v) is 10.4. The molecule has 0 unspecified atom stereocenters. The highest BCUT2D eigenvalue weighted by molar-refractivity contribution is 6.50. The van der Waals surface area contributed by atoms with Crippen LogP contribution < -0.4 is 4.74 Å². The van der Waals surface area contributed by atoms with Crippen molar-refractivity contribution >= 4 is 26.4 Å². The summed E-state index contributed by atoms with van der Waals surface area (Å²) in [7, 11) is 0.578. The molecule has 0 spiro atoms. The van der Waals surface area contributed by atoms with E-state index in [9.17, 15) is 4.79 Å². The van der Waals surface area contributed by atoms with Crippen molar-refractivity contribution in [2.24, 2.45) is 17.8 Å². The van der Waals surface area contributed by atoms with Gasteiger partial charge in [-0.25, -0.2) is 4.98 Å². The van der Waals surface area contributed by atoms with E-state index in [1.54, 1.807) is 0 Å². The predicted molar refractivity (Wildman–Crippen MR) is 133 cm³/mol. The Hall–Kier alpha value is -2.32. The van der Waals surface area contributed by atoms with Crippen LogP contribution in [0.25, 0.3) is 10.9 Å². The summed E-state index contributed by atoms with van der Waals surface area (Å²) in [6.45, 7) is 16.6. The van der Waals surface area contributed by atoms with E-state index < -0.39 is 0 Å². The Bertz CT molecular complexity index is 934. The molecule has 4 nitrogen and oxygen atoms in total. The Kier molecular flexibility index (Phi) is 9.77. The lowest BCUT2D eigenvalue weighted by molar-refractivity contribution is -0.143. The maximum absolute atomic E-state index is 11.4. The molecule has 32 heavy (non-hydrogen) atoms. The highest BCUT2D eigenvalue weighted by Crippen LogP contribution is 2.48. The van der Waals surface area contributed by atoms with Crippen molar-refractivity contribution in [3.63, 3.8) is 0 Å². The largest absolute Gasteiger partial charge is 0.494 e. The van der Waals surface area contributed by atoms with Crippen LogP contribution in [0, 0.1) is 29.2 Å². The van der Waals surface area contributed by atoms with Gasteiger partial charge in [0.25, 0.3) is 0 Å². The minimum Gasteiger partial charge on any atom is -0.494 e. The molecule has 0 bridgehead atoms. The third-order valence-corrected chi connectivity index (χ3v) is 8.51. The lowest BCUT2D eigenvalue weighted by Gasteiger charge is -2.43. The molecule has 0 fully saturated rings. The smallest absolute Gasteiger partial charge is 0.305 e. The number of carbonyl (C=O) groups excluding carboxylic acids is 1. The van der Waals surface area contributed by atoms with Crippen LogP contribution in [0.1, 0.15) is 67.0 Å². The Morgan fingerprint density at radius 3 is 2.38 bits per heavy atom. The first-order chi connectivity index (χ1) is 15.2. The molecule has 5 heteroatoms. The fourth-order valence-electron chi connectivity index (χ4n) is 4.54. The third kappa shape index (κ3) is 6.59. The minimum atomic E-state index is -0.180. The zero-order valence-corrected chi connectivity index (χ0v) is 21.6. The van der Waals surface area contributed by atoms with Gasteiger partial charge in [0, 0.05) is 11.8 Å². The quantitative estimate of drug-likeness (QED) is 0.190. The second-order valence-electron chi connectivity index (χ2n) is 9.08. The molecule has 0 atom stereocenters. The molecule has 0 aliphatic heterocycles. The van der Waals surface area contributed by atoms with Gasteiger partial charge in [0.05, 0.1) is 18.7 Å². The fourth-order valence-corrected chi connectivity index (χ4v) is 5.81. The molecule has 0 aliphatic rings. The second kappa shape index (κ2) is 12.1. The number of esters is 1. The molecule has 2 rings (SSSR count). The molecule has 0 saturated carbocycles. The molecule has 0 amide bonds. The number of pyridine rings is 1. The van der Waals surface area contributed by atoms with Crippen LogP contribution in [0.2, 0.25) is 5.04 Å². The number of carbonyl (C=O) groups is 1. The van der Waals surface area contributed by atoms with Crippen molar-refractivity contribution in [3.05, 3.63) is 36.0 Å². The van der Waals surface area contributed by atoms with Gasteiger partial charge >= 0.3 is 5.97 Å². The van der Waals surface area contributed by atoms with Crippen molar-refractivity contribution in [1.29, 1.82) is 0 Å². The molecule has 0 aliphatic carbocycles. The van der Waals surface area contributed by atoms with Gasteiger partial charge in [-0.15, -0.1) is 5.54 Å². The van der Waals surface area contributed by atoms with Crippen LogP contribution in [0.4, 0.5) is 0 Å². The number of ether oxygens (including phenoxy) is 2. The Labute approximate surface area is 196 Å². The number of fused-ring (bicyclic) bond motifs is 1. The van der Waals surface area contributed by atoms with E-state index in [1.165, 1.54) is 0 Å². The van der Waals surface area contributed by atoms with E-state index in [0.717, 1.165) is 22.3 Å². The maximum atomic E-state index is 11.4. The summed E-state index contributed by atoms with van der Waals surface area (Å²) in [5.74, 6) is 5.64. The van der Waals surface area contributed by atoms with Gasteiger partial charge in [-0.2, -0.15) is 0 Å². The Balaban J connectivity index is 2.06. The summed E-state index contributed by atoms with van der Waals surface area (Å²) < 4.78 is 10.7. The van der Waals surface area contributed by atoms with Gasteiger partial charge in [0.2, 0.25) is 0 Å². The minimum absolute atomic E-state index is 0.180. The van der Waals surface area contributed by atoms with Gasteiger partial charge in [-0.05, 0) is 66.5 Å². The summed E-state index contributed by atoms with van der Waals surface area (Å²) in [4.78, 5) is 16.1. The molecule has 2 radical (unpaired) electrons. The van der Waals surface area contributed by atoms with Crippen molar-refractivity contribution < 1.29 is 14.3 Å². The SMILES string of the molecule is CCOC(=O)CCCOc1ccc2nc(C#C[Si]C(C(C)C)(C(C)C)C(C)C)ccc2c1. The summed E-state index contributed by atoms with van der Waals surface area (Å²) in [6.07, 6.45) is 1.01. The van der Waals surface area contributed by atoms with Gasteiger partial charge in [0.1, 0.15) is 11.4 Å². The average Bonchev–Trinajstić information content (AvgIpc) is 2.73. The predicted octanol–water partition coefficient (Wildman–Crippen LogP) is 6.10. The summed E-state index contributed by atoms with van der Waals surface area (Å²) in [5, 5.41) is 1.24. The molecule has 0 N–H and O–H groups in total. The fraction of sp³-hybridized carbons (Fsp3) is 0.556. The molecule has 0 saturated heterocycles. The van der Waals surface area contributed by atoms with Crippen molar-refractivity contribution in [2.75, 3.05) is 13.2 Å². The van der Waals surface area contributed by atoms with Crippen LogP contribution in [-0.4, -0.2) is 33.7 Å². The van der Waals surface area contributed by atoms with E-state index in [2.05, 4.69) is 53.0 Å². The van der Waals surface area contributed by atoms with Crippen molar-refractivity contribution in [3.8, 4) is 17.2 Å².